The molecule has 4 heterocycles. The molecule has 2 aliphatic heterocycles. The molecule has 1 atom stereocenters. The summed E-state index contributed by atoms with van der Waals surface area (Å²) in [5.74, 6) is -0.182. The minimum atomic E-state index is -0.439. The molecule has 2 aromatic heterocycles. The first-order chi connectivity index (χ1) is 17.9. The molecule has 0 saturated carbocycles. The number of rotatable bonds is 6. The largest absolute Gasteiger partial charge is 0.482 e. The van der Waals surface area contributed by atoms with Gasteiger partial charge in [-0.15, -0.1) is 0 Å². The predicted molar refractivity (Wildman–Crippen MR) is 133 cm³/mol. The maximum Gasteiger partial charge on any atom is 0.272 e. The number of fused-ring (bicyclic) bond motifs is 2. The van der Waals surface area contributed by atoms with Crippen molar-refractivity contribution in [2.24, 2.45) is 5.92 Å². The number of nitrogens with zero attached hydrogens (tertiary/aromatic N) is 3. The zero-order valence-corrected chi connectivity index (χ0v) is 20.3. The lowest BCUT2D eigenvalue weighted by Gasteiger charge is -2.32. The van der Waals surface area contributed by atoms with E-state index in [-0.39, 0.29) is 42.5 Å². The predicted octanol–water partition coefficient (Wildman–Crippen LogP) is 1.21. The van der Waals surface area contributed by atoms with Gasteiger partial charge in [-0.25, -0.2) is 9.97 Å². The van der Waals surface area contributed by atoms with Crippen LogP contribution in [-0.2, 0) is 16.1 Å². The number of benzene rings is 1. The first kappa shape index (κ1) is 24.2. The summed E-state index contributed by atoms with van der Waals surface area (Å²) in [6, 6.07) is 5.27. The summed E-state index contributed by atoms with van der Waals surface area (Å²) >= 11 is 0. The van der Waals surface area contributed by atoms with E-state index in [4.69, 9.17) is 4.74 Å². The van der Waals surface area contributed by atoms with Crippen LogP contribution in [0.1, 0.15) is 46.2 Å². The molecule has 3 aromatic rings. The molecule has 1 aromatic carbocycles. The SMILES string of the molecule is CC(=O)N1CCCC(CNC(=O)c2c[nH]c3c(C(=O)NCc4ccc5c(c4)NC(=O)CO5)ncnc23)C1. The van der Waals surface area contributed by atoms with Gasteiger partial charge < -0.3 is 30.6 Å². The first-order valence-electron chi connectivity index (χ1n) is 12.1. The fourth-order valence-corrected chi connectivity index (χ4v) is 4.64. The molecule has 37 heavy (non-hydrogen) atoms. The van der Waals surface area contributed by atoms with Gasteiger partial charge in [0.25, 0.3) is 17.7 Å². The number of anilines is 1. The highest BCUT2D eigenvalue weighted by molar-refractivity contribution is 6.10. The van der Waals surface area contributed by atoms with E-state index < -0.39 is 5.91 Å². The van der Waals surface area contributed by atoms with Crippen LogP contribution in [0.5, 0.6) is 5.75 Å². The van der Waals surface area contributed by atoms with Crippen LogP contribution in [0.2, 0.25) is 0 Å². The van der Waals surface area contributed by atoms with E-state index >= 15 is 0 Å². The Morgan fingerprint density at radius 2 is 2.05 bits per heavy atom. The molecule has 12 nitrogen and oxygen atoms in total. The number of hydrogen-bond donors (Lipinski definition) is 4. The molecule has 0 aliphatic carbocycles. The third kappa shape index (κ3) is 5.22. The molecular formula is C25H27N7O5. The number of aromatic nitrogens is 3. The third-order valence-electron chi connectivity index (χ3n) is 6.57. The number of hydrogen-bond acceptors (Lipinski definition) is 7. The fourth-order valence-electron chi connectivity index (χ4n) is 4.64. The van der Waals surface area contributed by atoms with Crippen molar-refractivity contribution < 1.29 is 23.9 Å². The number of carbonyl (C=O) groups excluding carboxylic acids is 4. The van der Waals surface area contributed by atoms with Crippen molar-refractivity contribution >= 4 is 40.3 Å². The standard InChI is InChI=1S/C25H27N7O5/c1-14(33)32-6-2-3-16(11-32)9-27-24(35)17-10-26-22-21(17)29-13-30-23(22)25(36)28-8-15-4-5-19-18(7-15)31-20(34)12-37-19/h4-5,7,10,13,16,26H,2-3,6,8-9,11-12H2,1H3,(H,27,35)(H,28,36)(H,31,34). The average molecular weight is 506 g/mol. The zero-order chi connectivity index (χ0) is 25.9. The van der Waals surface area contributed by atoms with Gasteiger partial charge in [0, 0.05) is 39.3 Å². The molecule has 4 amide bonds. The van der Waals surface area contributed by atoms with Gasteiger partial charge in [-0.05, 0) is 36.5 Å². The number of aromatic amines is 1. The molecule has 5 rings (SSSR count). The molecule has 1 saturated heterocycles. The quantitative estimate of drug-likeness (QED) is 0.392. The molecule has 12 heteroatoms. The Hall–Kier alpha value is -4.48. The highest BCUT2D eigenvalue weighted by Crippen LogP contribution is 2.28. The van der Waals surface area contributed by atoms with Gasteiger partial charge in [0.1, 0.15) is 17.6 Å². The van der Waals surface area contributed by atoms with Crippen molar-refractivity contribution in [3.63, 3.8) is 0 Å². The van der Waals surface area contributed by atoms with Crippen LogP contribution in [0.15, 0.2) is 30.7 Å². The first-order valence-corrected chi connectivity index (χ1v) is 12.1. The maximum absolute atomic E-state index is 12.9. The number of piperidine rings is 1. The Balaban J connectivity index is 1.24. The number of carbonyl (C=O) groups is 4. The van der Waals surface area contributed by atoms with Crippen molar-refractivity contribution in [2.75, 3.05) is 31.6 Å². The number of ether oxygens (including phenoxy) is 1. The fraction of sp³-hybridized carbons (Fsp3) is 0.360. The minimum absolute atomic E-state index is 0.0258. The zero-order valence-electron chi connectivity index (χ0n) is 20.3. The van der Waals surface area contributed by atoms with E-state index in [0.717, 1.165) is 24.9 Å². The number of amides is 4. The van der Waals surface area contributed by atoms with E-state index in [1.165, 1.54) is 12.5 Å². The average Bonchev–Trinajstić information content (AvgIpc) is 3.34. The summed E-state index contributed by atoms with van der Waals surface area (Å²) in [7, 11) is 0. The molecule has 0 spiro atoms. The number of likely N-dealkylation sites (tertiary alicyclic amines) is 1. The summed E-state index contributed by atoms with van der Waals surface area (Å²) < 4.78 is 5.35. The van der Waals surface area contributed by atoms with Gasteiger partial charge in [-0.2, -0.15) is 0 Å². The van der Waals surface area contributed by atoms with Gasteiger partial charge in [-0.3, -0.25) is 19.2 Å². The van der Waals surface area contributed by atoms with E-state index in [1.54, 1.807) is 30.0 Å². The lowest BCUT2D eigenvalue weighted by molar-refractivity contribution is -0.130. The van der Waals surface area contributed by atoms with Crippen molar-refractivity contribution in [1.82, 2.24) is 30.5 Å². The van der Waals surface area contributed by atoms with Crippen molar-refractivity contribution in [3.8, 4) is 5.75 Å². The molecule has 0 bridgehead atoms. The van der Waals surface area contributed by atoms with Crippen molar-refractivity contribution in [3.05, 3.63) is 47.5 Å². The van der Waals surface area contributed by atoms with Crippen LogP contribution in [0.25, 0.3) is 11.0 Å². The van der Waals surface area contributed by atoms with Crippen molar-refractivity contribution in [1.29, 1.82) is 0 Å². The van der Waals surface area contributed by atoms with Gasteiger partial charge in [0.15, 0.2) is 12.3 Å². The second-order valence-corrected chi connectivity index (χ2v) is 9.18. The normalized spacial score (nSPS) is 16.9. The van der Waals surface area contributed by atoms with Crippen LogP contribution < -0.4 is 20.7 Å². The van der Waals surface area contributed by atoms with Crippen LogP contribution in [-0.4, -0.2) is 69.7 Å². The molecule has 4 N–H and O–H groups in total. The number of nitrogens with one attached hydrogen (secondary N) is 4. The molecule has 192 valence electrons. The topological polar surface area (TPSA) is 158 Å². The summed E-state index contributed by atoms with van der Waals surface area (Å²) in [6.45, 7) is 3.55. The van der Waals surface area contributed by atoms with E-state index in [9.17, 15) is 19.2 Å². The molecular weight excluding hydrogens is 478 g/mol. The van der Waals surface area contributed by atoms with Crippen LogP contribution in [0.3, 0.4) is 0 Å². The molecule has 0 radical (unpaired) electrons. The Morgan fingerprint density at radius 1 is 1.19 bits per heavy atom. The van der Waals surface area contributed by atoms with E-state index in [2.05, 4.69) is 30.9 Å². The second kappa shape index (κ2) is 10.2. The summed E-state index contributed by atoms with van der Waals surface area (Å²) in [5.41, 5.74) is 2.45. The van der Waals surface area contributed by atoms with E-state index in [0.29, 0.717) is 41.1 Å². The smallest absolute Gasteiger partial charge is 0.272 e. The molecule has 2 aliphatic rings. The van der Waals surface area contributed by atoms with Gasteiger partial charge in [0.05, 0.1) is 16.8 Å². The minimum Gasteiger partial charge on any atom is -0.482 e. The Morgan fingerprint density at radius 3 is 2.89 bits per heavy atom. The lowest BCUT2D eigenvalue weighted by Crippen LogP contribution is -2.42. The summed E-state index contributed by atoms with van der Waals surface area (Å²) in [5, 5.41) is 8.48. The van der Waals surface area contributed by atoms with Crippen LogP contribution >= 0.6 is 0 Å². The van der Waals surface area contributed by atoms with Crippen LogP contribution in [0.4, 0.5) is 5.69 Å². The Bertz CT molecular complexity index is 1390. The monoisotopic (exact) mass is 505 g/mol. The Kier molecular flexibility index (Phi) is 6.71. The highest BCUT2D eigenvalue weighted by Gasteiger charge is 2.24. The summed E-state index contributed by atoms with van der Waals surface area (Å²) in [6.07, 6.45) is 4.61. The molecule has 1 fully saturated rings. The van der Waals surface area contributed by atoms with Crippen molar-refractivity contribution in [2.45, 2.75) is 26.3 Å². The summed E-state index contributed by atoms with van der Waals surface area (Å²) in [4.78, 5) is 62.1. The van der Waals surface area contributed by atoms with E-state index in [1.807, 2.05) is 0 Å². The Labute approximate surface area is 212 Å². The van der Waals surface area contributed by atoms with Gasteiger partial charge >= 0.3 is 0 Å². The second-order valence-electron chi connectivity index (χ2n) is 9.18. The van der Waals surface area contributed by atoms with Gasteiger partial charge in [-0.1, -0.05) is 6.07 Å². The molecule has 1 unspecified atom stereocenters. The third-order valence-corrected chi connectivity index (χ3v) is 6.57. The van der Waals surface area contributed by atoms with Crippen LogP contribution in [0, 0.1) is 5.92 Å². The lowest BCUT2D eigenvalue weighted by atomic mass is 9.98. The highest BCUT2D eigenvalue weighted by atomic mass is 16.5. The number of H-pyrrole nitrogens is 1. The van der Waals surface area contributed by atoms with Gasteiger partial charge in [0.2, 0.25) is 5.91 Å². The maximum atomic E-state index is 12.9.